The van der Waals surface area contributed by atoms with E-state index in [0.717, 1.165) is 17.6 Å². The molecule has 0 saturated carbocycles. The van der Waals surface area contributed by atoms with Crippen LogP contribution in [0.3, 0.4) is 0 Å². The number of aryl methyl sites for hydroxylation is 1. The fourth-order valence-electron chi connectivity index (χ4n) is 2.00. The van der Waals surface area contributed by atoms with Gasteiger partial charge in [0.2, 0.25) is 0 Å². The van der Waals surface area contributed by atoms with Gasteiger partial charge in [-0.05, 0) is 13.3 Å². The van der Waals surface area contributed by atoms with Crippen molar-refractivity contribution in [2.24, 2.45) is 0 Å². The van der Waals surface area contributed by atoms with Crippen molar-refractivity contribution >= 4 is 31.2 Å². The largest absolute Gasteiger partial charge is 0.874 e. The van der Waals surface area contributed by atoms with E-state index in [2.05, 4.69) is 16.2 Å². The van der Waals surface area contributed by atoms with Crippen LogP contribution in [0, 0.1) is 0 Å². The summed E-state index contributed by atoms with van der Waals surface area (Å²) in [5.74, 6) is -7.76. The highest BCUT2D eigenvalue weighted by molar-refractivity contribution is 6.50. The van der Waals surface area contributed by atoms with Crippen LogP contribution in [-0.2, 0) is 49.4 Å². The Kier molecular flexibility index (Phi) is 12.9. The van der Waals surface area contributed by atoms with Crippen LogP contribution in [0.5, 0.6) is 6.01 Å². The second kappa shape index (κ2) is 15.4. The van der Waals surface area contributed by atoms with Crippen molar-refractivity contribution in [1.82, 2.24) is 4.73 Å². The molecule has 0 spiro atoms. The minimum absolute atomic E-state index is 0.00410. The number of hydrogen-bond donors (Lipinski definition) is 2. The number of rotatable bonds is 16. The lowest BCUT2D eigenvalue weighted by Crippen LogP contribution is -2.44. The number of ether oxygens (including phenoxy) is 2. The number of carbonyl (C=O) groups is 4. The van der Waals surface area contributed by atoms with Gasteiger partial charge in [-0.2, -0.15) is 9.56 Å². The number of nitrogens with zero attached hydrogens (tertiary/aromatic N) is 2. The van der Waals surface area contributed by atoms with Gasteiger partial charge in [-0.25, -0.2) is 19.2 Å². The van der Waals surface area contributed by atoms with Gasteiger partial charge in [0, 0.05) is 11.3 Å². The molecule has 15 nitrogen and oxygen atoms in total. The SMILES string of the molecule is CCCCOCCOCCOOn1cc[n+](CC)c1OB(OC(=O)C(=O)O)OC(=O)C(=O)O. The molecule has 0 bridgehead atoms. The molecule has 0 unspecified atom stereocenters. The third kappa shape index (κ3) is 10.7. The van der Waals surface area contributed by atoms with E-state index in [9.17, 15) is 19.2 Å². The Morgan fingerprint density at radius 3 is 2.06 bits per heavy atom. The monoisotopic (exact) mass is 477 g/mol. The molecule has 0 fully saturated rings. The van der Waals surface area contributed by atoms with E-state index in [4.69, 9.17) is 34.2 Å². The maximum Gasteiger partial charge on any atom is 0.874 e. The maximum atomic E-state index is 11.3. The van der Waals surface area contributed by atoms with Crippen molar-refractivity contribution in [2.75, 3.05) is 33.0 Å². The van der Waals surface area contributed by atoms with Crippen LogP contribution < -0.4 is 14.2 Å². The second-order valence-corrected chi connectivity index (χ2v) is 5.99. The molecule has 0 aliphatic rings. The first-order valence-corrected chi connectivity index (χ1v) is 9.90. The van der Waals surface area contributed by atoms with Crippen LogP contribution in [0.25, 0.3) is 0 Å². The van der Waals surface area contributed by atoms with Crippen LogP contribution in [-0.4, -0.2) is 79.2 Å². The fraction of sp³-hybridized carbons (Fsp3) is 0.588. The van der Waals surface area contributed by atoms with E-state index < -0.39 is 31.2 Å². The number of carbonyl (C=O) groups excluding carboxylic acids is 2. The number of imidazole rings is 1. The summed E-state index contributed by atoms with van der Waals surface area (Å²) in [7, 11) is -2.34. The molecule has 0 amide bonds. The first kappa shape index (κ1) is 27.7. The molecular weight excluding hydrogens is 451 g/mol. The van der Waals surface area contributed by atoms with Crippen LogP contribution in [0.1, 0.15) is 26.7 Å². The molecule has 1 heterocycles. The van der Waals surface area contributed by atoms with E-state index in [1.165, 1.54) is 17.0 Å². The highest BCUT2D eigenvalue weighted by atomic mass is 17.3. The summed E-state index contributed by atoms with van der Waals surface area (Å²) in [5, 5.41) is 17.3. The first-order valence-electron chi connectivity index (χ1n) is 9.90. The molecule has 1 aromatic heterocycles. The molecule has 184 valence electrons. The van der Waals surface area contributed by atoms with E-state index in [-0.39, 0.29) is 25.8 Å². The number of carboxylic acids is 2. The lowest BCUT2D eigenvalue weighted by atomic mass is 10.2. The van der Waals surface area contributed by atoms with Crippen LogP contribution in [0.4, 0.5) is 0 Å². The van der Waals surface area contributed by atoms with Gasteiger partial charge >= 0.3 is 37.2 Å². The molecule has 0 atom stereocenters. The summed E-state index contributed by atoms with van der Waals surface area (Å²) in [6.45, 7) is 5.69. The smallest absolute Gasteiger partial charge is 0.473 e. The fourth-order valence-corrected chi connectivity index (χ4v) is 2.00. The molecular formula is C17H26BN2O13+. The van der Waals surface area contributed by atoms with Crippen molar-refractivity contribution in [3.8, 4) is 6.01 Å². The third-order valence-corrected chi connectivity index (χ3v) is 3.57. The number of aliphatic carboxylic acids is 2. The van der Waals surface area contributed by atoms with Gasteiger partial charge in [0.1, 0.15) is 12.8 Å². The molecule has 0 aliphatic heterocycles. The highest BCUT2D eigenvalue weighted by Crippen LogP contribution is 2.08. The van der Waals surface area contributed by atoms with Crippen LogP contribution in [0.15, 0.2) is 12.4 Å². The summed E-state index contributed by atoms with van der Waals surface area (Å²) in [6, 6.07) is -0.274. The summed E-state index contributed by atoms with van der Waals surface area (Å²) in [6.07, 6.45) is 4.77. The average Bonchev–Trinajstić information content (AvgIpc) is 3.16. The zero-order valence-electron chi connectivity index (χ0n) is 18.2. The third-order valence-electron chi connectivity index (χ3n) is 3.57. The summed E-state index contributed by atoms with van der Waals surface area (Å²) < 4.78 is 26.7. The molecule has 1 rings (SSSR count). The Morgan fingerprint density at radius 2 is 1.52 bits per heavy atom. The highest BCUT2D eigenvalue weighted by Gasteiger charge is 2.42. The Balaban J connectivity index is 2.64. The van der Waals surface area contributed by atoms with Gasteiger partial charge in [0.25, 0.3) is 0 Å². The van der Waals surface area contributed by atoms with Gasteiger partial charge in [-0.3, -0.25) is 0 Å². The number of aromatic nitrogens is 2. The molecule has 16 heteroatoms. The van der Waals surface area contributed by atoms with Gasteiger partial charge in [0.05, 0.1) is 26.4 Å². The Bertz CT molecular complexity index is 757. The minimum atomic E-state index is -2.34. The van der Waals surface area contributed by atoms with Crippen molar-refractivity contribution < 1.29 is 67.3 Å². The maximum absolute atomic E-state index is 11.3. The molecule has 0 aromatic carbocycles. The molecule has 2 N–H and O–H groups in total. The summed E-state index contributed by atoms with van der Waals surface area (Å²) >= 11 is 0. The Hall–Kier alpha value is -3.37. The second-order valence-electron chi connectivity index (χ2n) is 5.99. The van der Waals surface area contributed by atoms with E-state index >= 15 is 0 Å². The van der Waals surface area contributed by atoms with Gasteiger partial charge in [-0.15, -0.1) is 4.89 Å². The molecule has 0 radical (unpaired) electrons. The van der Waals surface area contributed by atoms with Crippen LogP contribution >= 0.6 is 0 Å². The zero-order chi connectivity index (χ0) is 24.6. The zero-order valence-corrected chi connectivity index (χ0v) is 18.2. The summed E-state index contributed by atoms with van der Waals surface area (Å²) in [4.78, 5) is 54.0. The normalized spacial score (nSPS) is 10.4. The molecule has 33 heavy (non-hydrogen) atoms. The van der Waals surface area contributed by atoms with Gasteiger partial charge < -0.3 is 33.6 Å². The van der Waals surface area contributed by atoms with Gasteiger partial charge in [-0.1, -0.05) is 13.3 Å². The number of hydrogen-bond acceptors (Lipinski definition) is 11. The number of unbranched alkanes of at least 4 members (excludes halogenated alkanes) is 1. The molecule has 1 aromatic rings. The molecule has 0 aliphatic carbocycles. The number of carboxylic acid groups (broad SMARTS) is 2. The lowest BCUT2D eigenvalue weighted by Gasteiger charge is -2.10. The Morgan fingerprint density at radius 1 is 0.939 bits per heavy atom. The summed E-state index contributed by atoms with van der Waals surface area (Å²) in [5.41, 5.74) is 0. The van der Waals surface area contributed by atoms with E-state index in [0.29, 0.717) is 19.8 Å². The predicted molar refractivity (Wildman–Crippen MR) is 103 cm³/mol. The minimum Gasteiger partial charge on any atom is -0.473 e. The van der Waals surface area contributed by atoms with Crippen molar-refractivity contribution in [1.29, 1.82) is 0 Å². The first-order chi connectivity index (χ1) is 15.8. The van der Waals surface area contributed by atoms with Crippen molar-refractivity contribution in [3.05, 3.63) is 12.4 Å². The average molecular weight is 477 g/mol. The quantitative estimate of drug-likeness (QED) is 0.0709. The van der Waals surface area contributed by atoms with Gasteiger partial charge in [0.15, 0.2) is 6.20 Å². The Labute approximate surface area is 188 Å². The van der Waals surface area contributed by atoms with E-state index in [1.54, 1.807) is 6.92 Å². The lowest BCUT2D eigenvalue weighted by molar-refractivity contribution is -0.698. The molecule has 0 saturated heterocycles. The standard InChI is InChI=1S/C17H25BN2O13/c1-3-5-8-27-9-10-28-11-12-29-33-20-7-6-19(4-2)17(20)32-18(30-15(25)13(21)22)31-16(26)14(23)24/h6-7H,3-5,8-12H2,1-2H3,(H-,21,22,23,24)/p+1. The van der Waals surface area contributed by atoms with Crippen molar-refractivity contribution in [2.45, 2.75) is 33.2 Å². The van der Waals surface area contributed by atoms with Crippen molar-refractivity contribution in [3.63, 3.8) is 0 Å². The predicted octanol–water partition coefficient (Wildman–Crippen LogP) is -1.39. The van der Waals surface area contributed by atoms with Crippen LogP contribution in [0.2, 0.25) is 0 Å². The van der Waals surface area contributed by atoms with E-state index in [1.807, 2.05) is 0 Å². The topological polar surface area (TPSA) is 182 Å².